The van der Waals surface area contributed by atoms with Gasteiger partial charge in [0, 0.05) is 24.6 Å². The Bertz CT molecular complexity index is 748. The number of hydrogen-bond donors (Lipinski definition) is 0. The maximum Gasteiger partial charge on any atom is 0.285 e. The first-order chi connectivity index (χ1) is 11.8. The summed E-state index contributed by atoms with van der Waals surface area (Å²) in [6.45, 7) is 6.16. The number of thioether (sulfide) groups is 1. The van der Waals surface area contributed by atoms with Crippen molar-refractivity contribution in [3.8, 4) is 0 Å². The van der Waals surface area contributed by atoms with E-state index in [-0.39, 0.29) is 10.3 Å². The zero-order chi connectivity index (χ0) is 18.6. The van der Waals surface area contributed by atoms with E-state index in [1.54, 1.807) is 12.1 Å². The standard InChI is InChI=1S/C16H23N3O4S2/c1-11(2)12(3)24-16-18-13(22-4)10-15(23-5)19(16)25(20,21)14-8-6-7-9-17-14/h6-12,15H,1-5H3. The van der Waals surface area contributed by atoms with Gasteiger partial charge in [-0.1, -0.05) is 38.6 Å². The zero-order valence-electron chi connectivity index (χ0n) is 14.9. The predicted octanol–water partition coefficient (Wildman–Crippen LogP) is 2.68. The van der Waals surface area contributed by atoms with Crippen LogP contribution in [0.15, 0.2) is 46.4 Å². The van der Waals surface area contributed by atoms with Crippen molar-refractivity contribution in [1.29, 1.82) is 0 Å². The fraction of sp³-hybridized carbons (Fsp3) is 0.500. The lowest BCUT2D eigenvalue weighted by Crippen LogP contribution is -2.46. The van der Waals surface area contributed by atoms with Gasteiger partial charge in [-0.2, -0.15) is 13.4 Å². The van der Waals surface area contributed by atoms with Gasteiger partial charge in [0.05, 0.1) is 7.11 Å². The molecule has 0 N–H and O–H groups in total. The Morgan fingerprint density at radius 1 is 1.24 bits per heavy atom. The van der Waals surface area contributed by atoms with Crippen molar-refractivity contribution in [2.45, 2.75) is 37.3 Å². The van der Waals surface area contributed by atoms with E-state index in [4.69, 9.17) is 9.47 Å². The zero-order valence-corrected chi connectivity index (χ0v) is 16.5. The molecule has 1 aliphatic heterocycles. The first-order valence-electron chi connectivity index (χ1n) is 7.80. The molecule has 0 amide bonds. The molecule has 0 spiro atoms. The van der Waals surface area contributed by atoms with Crippen LogP contribution in [0.2, 0.25) is 0 Å². The topological polar surface area (TPSA) is 81.1 Å². The van der Waals surface area contributed by atoms with Gasteiger partial charge in [-0.25, -0.2) is 9.29 Å². The van der Waals surface area contributed by atoms with Crippen LogP contribution in [-0.4, -0.2) is 48.6 Å². The van der Waals surface area contributed by atoms with Gasteiger partial charge >= 0.3 is 0 Å². The van der Waals surface area contributed by atoms with Crippen LogP contribution >= 0.6 is 11.8 Å². The van der Waals surface area contributed by atoms with Crippen LogP contribution in [0.4, 0.5) is 0 Å². The van der Waals surface area contributed by atoms with E-state index >= 15 is 0 Å². The Kier molecular flexibility index (Phi) is 6.47. The Balaban J connectivity index is 2.50. The van der Waals surface area contributed by atoms with E-state index in [1.807, 2.05) is 6.92 Å². The fourth-order valence-electron chi connectivity index (χ4n) is 1.98. The molecule has 0 aromatic carbocycles. The lowest BCUT2D eigenvalue weighted by molar-refractivity contribution is 0.0777. The normalized spacial score (nSPS) is 19.4. The monoisotopic (exact) mass is 385 g/mol. The van der Waals surface area contributed by atoms with Gasteiger partial charge in [-0.05, 0) is 18.1 Å². The lowest BCUT2D eigenvalue weighted by atomic mass is 10.2. The summed E-state index contributed by atoms with van der Waals surface area (Å²) in [7, 11) is -1.01. The van der Waals surface area contributed by atoms with Crippen molar-refractivity contribution in [3.63, 3.8) is 0 Å². The summed E-state index contributed by atoms with van der Waals surface area (Å²) < 4.78 is 38.0. The average Bonchev–Trinajstić information content (AvgIpc) is 2.61. The number of amidine groups is 1. The van der Waals surface area contributed by atoms with E-state index in [2.05, 4.69) is 23.8 Å². The Hall–Kier alpha value is -1.58. The quantitative estimate of drug-likeness (QED) is 0.749. The second kappa shape index (κ2) is 8.20. The minimum atomic E-state index is -3.93. The van der Waals surface area contributed by atoms with E-state index in [0.29, 0.717) is 17.0 Å². The van der Waals surface area contributed by atoms with Gasteiger partial charge in [-0.15, -0.1) is 0 Å². The maximum atomic E-state index is 13.1. The summed E-state index contributed by atoms with van der Waals surface area (Å²) in [5.74, 6) is 0.655. The first kappa shape index (κ1) is 19.7. The fourth-order valence-corrected chi connectivity index (χ4v) is 4.67. The maximum absolute atomic E-state index is 13.1. The van der Waals surface area contributed by atoms with Crippen molar-refractivity contribution < 1.29 is 17.9 Å². The second-order valence-corrected chi connectivity index (χ2v) is 8.87. The molecule has 1 aromatic heterocycles. The number of rotatable bonds is 6. The van der Waals surface area contributed by atoms with Gasteiger partial charge < -0.3 is 9.47 Å². The van der Waals surface area contributed by atoms with E-state index < -0.39 is 16.3 Å². The van der Waals surface area contributed by atoms with Gasteiger partial charge in [0.15, 0.2) is 16.4 Å². The van der Waals surface area contributed by atoms with Crippen molar-refractivity contribution in [2.75, 3.05) is 14.2 Å². The van der Waals surface area contributed by atoms with Crippen molar-refractivity contribution >= 4 is 27.0 Å². The number of sulfonamides is 1. The number of methoxy groups -OCH3 is 2. The lowest BCUT2D eigenvalue weighted by Gasteiger charge is -2.33. The van der Waals surface area contributed by atoms with E-state index in [1.165, 1.54) is 44.3 Å². The Morgan fingerprint density at radius 2 is 1.96 bits per heavy atom. The molecule has 0 saturated carbocycles. The highest BCUT2D eigenvalue weighted by atomic mass is 32.2. The number of pyridine rings is 1. The largest absolute Gasteiger partial charge is 0.481 e. The highest BCUT2D eigenvalue weighted by Crippen LogP contribution is 2.31. The number of ether oxygens (including phenoxy) is 2. The average molecular weight is 386 g/mol. The second-order valence-electron chi connectivity index (χ2n) is 5.77. The molecule has 7 nitrogen and oxygen atoms in total. The molecule has 138 valence electrons. The number of hydrogen-bond acceptors (Lipinski definition) is 7. The number of aromatic nitrogens is 1. The highest BCUT2D eigenvalue weighted by Gasteiger charge is 2.38. The predicted molar refractivity (Wildman–Crippen MR) is 98.5 cm³/mol. The van der Waals surface area contributed by atoms with Gasteiger partial charge in [0.1, 0.15) is 0 Å². The molecule has 0 saturated heterocycles. The van der Waals surface area contributed by atoms with Crippen LogP contribution in [0.25, 0.3) is 0 Å². The molecule has 0 radical (unpaired) electrons. The molecule has 9 heteroatoms. The molecule has 2 heterocycles. The summed E-state index contributed by atoms with van der Waals surface area (Å²) >= 11 is 1.36. The van der Waals surface area contributed by atoms with Crippen molar-refractivity contribution in [2.24, 2.45) is 10.9 Å². The Morgan fingerprint density at radius 3 is 2.48 bits per heavy atom. The van der Waals surface area contributed by atoms with Crippen molar-refractivity contribution in [3.05, 3.63) is 36.4 Å². The molecular weight excluding hydrogens is 362 g/mol. The smallest absolute Gasteiger partial charge is 0.285 e. The van der Waals surface area contributed by atoms with Crippen LogP contribution in [0, 0.1) is 5.92 Å². The summed E-state index contributed by atoms with van der Waals surface area (Å²) in [4.78, 5) is 8.33. The molecule has 0 bridgehead atoms. The Labute approximate surface area is 153 Å². The van der Waals surface area contributed by atoms with Gasteiger partial charge in [0.25, 0.3) is 10.0 Å². The summed E-state index contributed by atoms with van der Waals surface area (Å²) in [6.07, 6.45) is 2.10. The number of nitrogens with zero attached hydrogens (tertiary/aromatic N) is 3. The molecule has 0 aliphatic carbocycles. The molecule has 1 aromatic rings. The van der Waals surface area contributed by atoms with E-state index in [9.17, 15) is 8.42 Å². The third-order valence-corrected chi connectivity index (χ3v) is 6.95. The van der Waals surface area contributed by atoms with Crippen molar-refractivity contribution in [1.82, 2.24) is 9.29 Å². The SMILES string of the molecule is COC1=CC(OC)N(S(=O)(=O)c2ccccn2)C(SC(C)C(C)C)=N1. The third kappa shape index (κ3) is 4.34. The molecular formula is C16H23N3O4S2. The number of aliphatic imine (C=N–C) groups is 1. The van der Waals surface area contributed by atoms with Gasteiger partial charge in [0.2, 0.25) is 5.88 Å². The minimum absolute atomic E-state index is 0.0585. The molecule has 1 aliphatic rings. The molecule has 2 unspecified atom stereocenters. The third-order valence-electron chi connectivity index (χ3n) is 3.75. The minimum Gasteiger partial charge on any atom is -0.481 e. The van der Waals surface area contributed by atoms with Crippen LogP contribution < -0.4 is 0 Å². The van der Waals surface area contributed by atoms with Crippen LogP contribution in [0.3, 0.4) is 0 Å². The summed E-state index contributed by atoms with van der Waals surface area (Å²) in [6, 6.07) is 4.74. The molecule has 2 atom stereocenters. The van der Waals surface area contributed by atoms with Crippen LogP contribution in [0.1, 0.15) is 20.8 Å². The van der Waals surface area contributed by atoms with Gasteiger partial charge in [-0.3, -0.25) is 0 Å². The molecule has 0 fully saturated rings. The highest BCUT2D eigenvalue weighted by molar-refractivity contribution is 8.15. The molecule has 2 rings (SSSR count). The van der Waals surface area contributed by atoms with Crippen LogP contribution in [0.5, 0.6) is 0 Å². The van der Waals surface area contributed by atoms with E-state index in [0.717, 1.165) is 4.31 Å². The summed E-state index contributed by atoms with van der Waals surface area (Å²) in [5, 5.41) is 0.392. The summed E-state index contributed by atoms with van der Waals surface area (Å²) in [5.41, 5.74) is 0. The van der Waals surface area contributed by atoms with Crippen LogP contribution in [-0.2, 0) is 19.5 Å². The molecule has 25 heavy (non-hydrogen) atoms. The first-order valence-corrected chi connectivity index (χ1v) is 10.1.